The van der Waals surface area contributed by atoms with E-state index in [1.54, 1.807) is 6.92 Å². The first-order chi connectivity index (χ1) is 7.70. The fourth-order valence-electron chi connectivity index (χ4n) is 1.48. The molecule has 86 valence electrons. The van der Waals surface area contributed by atoms with Crippen LogP contribution >= 0.6 is 0 Å². The van der Waals surface area contributed by atoms with Gasteiger partial charge in [0.15, 0.2) is 0 Å². The molecule has 0 radical (unpaired) electrons. The van der Waals surface area contributed by atoms with E-state index in [4.69, 9.17) is 4.42 Å². The Morgan fingerprint density at radius 1 is 1.19 bits per heavy atom. The van der Waals surface area contributed by atoms with E-state index >= 15 is 0 Å². The van der Waals surface area contributed by atoms with Gasteiger partial charge in [-0.15, -0.1) is 0 Å². The van der Waals surface area contributed by atoms with Gasteiger partial charge in [0.2, 0.25) is 0 Å². The molecule has 16 heavy (non-hydrogen) atoms. The molecule has 0 aliphatic heterocycles. The van der Waals surface area contributed by atoms with Gasteiger partial charge < -0.3 is 4.42 Å². The molecule has 1 aromatic carbocycles. The number of rotatable bonds is 1. The van der Waals surface area contributed by atoms with Gasteiger partial charge in [0.1, 0.15) is 5.58 Å². The minimum Gasteiger partial charge on any atom is -0.423 e. The monoisotopic (exact) mass is 218 g/mol. The van der Waals surface area contributed by atoms with Crippen molar-refractivity contribution in [2.75, 3.05) is 0 Å². The summed E-state index contributed by atoms with van der Waals surface area (Å²) in [4.78, 5) is 11.3. The molecule has 0 amide bonds. The van der Waals surface area contributed by atoms with Crippen molar-refractivity contribution in [1.29, 1.82) is 0 Å². The second kappa shape index (κ2) is 5.50. The van der Waals surface area contributed by atoms with E-state index < -0.39 is 0 Å². The third-order valence-corrected chi connectivity index (χ3v) is 2.38. The van der Waals surface area contributed by atoms with Gasteiger partial charge in [-0.25, -0.2) is 4.79 Å². The molecule has 2 nitrogen and oxygen atoms in total. The Kier molecular flexibility index (Phi) is 4.29. The fraction of sp³-hybridized carbons (Fsp3) is 0.357. The largest absolute Gasteiger partial charge is 0.423 e. The third kappa shape index (κ3) is 2.51. The summed E-state index contributed by atoms with van der Waals surface area (Å²) >= 11 is 0. The maximum absolute atomic E-state index is 11.3. The highest BCUT2D eigenvalue weighted by Crippen LogP contribution is 2.15. The van der Waals surface area contributed by atoms with Crippen LogP contribution in [0.2, 0.25) is 0 Å². The van der Waals surface area contributed by atoms with Crippen molar-refractivity contribution in [2.24, 2.45) is 0 Å². The van der Waals surface area contributed by atoms with Gasteiger partial charge in [0.25, 0.3) is 0 Å². The van der Waals surface area contributed by atoms with E-state index in [1.165, 1.54) is 5.56 Å². The molecule has 2 aromatic rings. The summed E-state index contributed by atoms with van der Waals surface area (Å²) in [5.74, 6) is 0. The fourth-order valence-corrected chi connectivity index (χ4v) is 1.48. The first kappa shape index (κ1) is 12.5. The van der Waals surface area contributed by atoms with Gasteiger partial charge in [0, 0.05) is 10.9 Å². The van der Waals surface area contributed by atoms with Crippen LogP contribution in [0.5, 0.6) is 0 Å². The average Bonchev–Trinajstić information content (AvgIpc) is 2.33. The number of benzene rings is 1. The highest BCUT2D eigenvalue weighted by atomic mass is 16.4. The lowest BCUT2D eigenvalue weighted by Gasteiger charge is -2.00. The Morgan fingerprint density at radius 3 is 2.50 bits per heavy atom. The highest BCUT2D eigenvalue weighted by Gasteiger charge is 2.01. The van der Waals surface area contributed by atoms with Crippen LogP contribution < -0.4 is 5.63 Å². The molecule has 1 heterocycles. The molecule has 0 aliphatic carbocycles. The van der Waals surface area contributed by atoms with Crippen molar-refractivity contribution < 1.29 is 4.42 Å². The Labute approximate surface area is 95.9 Å². The Hall–Kier alpha value is -1.57. The van der Waals surface area contributed by atoms with E-state index in [0.717, 1.165) is 11.8 Å². The van der Waals surface area contributed by atoms with Crippen LogP contribution in [0.3, 0.4) is 0 Å². The quantitative estimate of drug-likeness (QED) is 0.683. The first-order valence-corrected chi connectivity index (χ1v) is 5.74. The summed E-state index contributed by atoms with van der Waals surface area (Å²) in [5, 5.41) is 0.985. The second-order valence-electron chi connectivity index (χ2n) is 3.44. The summed E-state index contributed by atoms with van der Waals surface area (Å²) in [6.45, 7) is 7.84. The van der Waals surface area contributed by atoms with Crippen LogP contribution in [0.15, 0.2) is 33.5 Å². The molecular weight excluding hydrogens is 200 g/mol. The third-order valence-electron chi connectivity index (χ3n) is 2.38. The molecule has 0 atom stereocenters. The lowest BCUT2D eigenvalue weighted by atomic mass is 10.1. The number of hydrogen-bond acceptors (Lipinski definition) is 2. The molecule has 0 aliphatic rings. The highest BCUT2D eigenvalue weighted by molar-refractivity contribution is 5.77. The summed E-state index contributed by atoms with van der Waals surface area (Å²) < 4.78 is 5.18. The molecule has 0 unspecified atom stereocenters. The molecule has 0 N–H and O–H groups in total. The number of aryl methyl sites for hydroxylation is 2. The van der Waals surface area contributed by atoms with E-state index in [9.17, 15) is 4.79 Å². The Balaban J connectivity index is 0.000000606. The van der Waals surface area contributed by atoms with Crippen molar-refractivity contribution in [1.82, 2.24) is 0 Å². The van der Waals surface area contributed by atoms with Crippen LogP contribution in [0, 0.1) is 6.92 Å². The molecule has 0 bridgehead atoms. The van der Waals surface area contributed by atoms with Gasteiger partial charge >= 0.3 is 5.63 Å². The van der Waals surface area contributed by atoms with Crippen LogP contribution in [0.25, 0.3) is 11.0 Å². The molecule has 1 aromatic heterocycles. The second-order valence-corrected chi connectivity index (χ2v) is 3.44. The van der Waals surface area contributed by atoms with Gasteiger partial charge in [-0.2, -0.15) is 0 Å². The first-order valence-electron chi connectivity index (χ1n) is 5.74. The summed E-state index contributed by atoms with van der Waals surface area (Å²) in [5.41, 5.74) is 2.27. The zero-order valence-corrected chi connectivity index (χ0v) is 10.3. The Bertz CT molecular complexity index is 524. The molecule has 0 spiro atoms. The van der Waals surface area contributed by atoms with Gasteiger partial charge in [-0.3, -0.25) is 0 Å². The SMILES string of the molecule is CC.CCc1ccc2cc(C)c(=O)oc2c1. The van der Waals surface area contributed by atoms with Crippen molar-refractivity contribution in [3.8, 4) is 0 Å². The maximum Gasteiger partial charge on any atom is 0.339 e. The van der Waals surface area contributed by atoms with Crippen molar-refractivity contribution in [3.05, 3.63) is 45.8 Å². The number of hydrogen-bond donors (Lipinski definition) is 0. The minimum atomic E-state index is -0.245. The van der Waals surface area contributed by atoms with E-state index in [-0.39, 0.29) is 5.63 Å². The van der Waals surface area contributed by atoms with E-state index in [0.29, 0.717) is 11.1 Å². The molecule has 0 saturated heterocycles. The zero-order valence-electron chi connectivity index (χ0n) is 10.3. The zero-order chi connectivity index (χ0) is 12.1. The lowest BCUT2D eigenvalue weighted by Crippen LogP contribution is -2.01. The average molecular weight is 218 g/mol. The van der Waals surface area contributed by atoms with Crippen molar-refractivity contribution >= 4 is 11.0 Å². The molecule has 0 fully saturated rings. The van der Waals surface area contributed by atoms with Crippen LogP contribution in [0.4, 0.5) is 0 Å². The van der Waals surface area contributed by atoms with Crippen molar-refractivity contribution in [2.45, 2.75) is 34.1 Å². The smallest absolute Gasteiger partial charge is 0.339 e. The van der Waals surface area contributed by atoms with Crippen molar-refractivity contribution in [3.63, 3.8) is 0 Å². The standard InChI is InChI=1S/C12H12O2.C2H6/c1-3-9-4-5-10-6-8(2)12(13)14-11(10)7-9;1-2/h4-7H,3H2,1-2H3;1-2H3. The van der Waals surface area contributed by atoms with Gasteiger partial charge in [-0.1, -0.05) is 32.9 Å². The Morgan fingerprint density at radius 2 is 1.88 bits per heavy atom. The topological polar surface area (TPSA) is 30.2 Å². The maximum atomic E-state index is 11.3. The summed E-state index contributed by atoms with van der Waals surface area (Å²) in [6.07, 6.45) is 0.952. The minimum absolute atomic E-state index is 0.245. The summed E-state index contributed by atoms with van der Waals surface area (Å²) in [7, 11) is 0. The van der Waals surface area contributed by atoms with E-state index in [1.807, 2.05) is 32.0 Å². The number of fused-ring (bicyclic) bond motifs is 1. The lowest BCUT2D eigenvalue weighted by molar-refractivity contribution is 0.554. The van der Waals surface area contributed by atoms with Crippen LogP contribution in [-0.4, -0.2) is 0 Å². The molecule has 2 rings (SSSR count). The predicted molar refractivity (Wildman–Crippen MR) is 67.9 cm³/mol. The van der Waals surface area contributed by atoms with Gasteiger partial charge in [-0.05, 0) is 31.0 Å². The van der Waals surface area contributed by atoms with Crippen LogP contribution in [0.1, 0.15) is 31.9 Å². The van der Waals surface area contributed by atoms with E-state index in [2.05, 4.69) is 13.0 Å². The molecule has 2 heteroatoms. The molecular formula is C14H18O2. The predicted octanol–water partition coefficient (Wildman–Crippen LogP) is 3.69. The van der Waals surface area contributed by atoms with Gasteiger partial charge in [0.05, 0.1) is 0 Å². The summed E-state index contributed by atoms with van der Waals surface area (Å²) in [6, 6.07) is 7.84. The normalized spacial score (nSPS) is 9.75. The van der Waals surface area contributed by atoms with Crippen LogP contribution in [-0.2, 0) is 6.42 Å². The molecule has 0 saturated carbocycles.